The zero-order chi connectivity index (χ0) is 23.3. The Morgan fingerprint density at radius 1 is 1.22 bits per heavy atom. The first-order valence-electron chi connectivity index (χ1n) is 9.85. The Balaban J connectivity index is 1.84. The monoisotopic (exact) mass is 487 g/mol. The third-order valence-electron chi connectivity index (χ3n) is 6.01. The van der Waals surface area contributed by atoms with Crippen molar-refractivity contribution < 1.29 is 21.9 Å². The normalized spacial score (nSPS) is 23.9. The van der Waals surface area contributed by atoms with Crippen LogP contribution in [0.4, 0.5) is 5.69 Å². The van der Waals surface area contributed by atoms with Crippen LogP contribution in [-0.2, 0) is 20.0 Å². The largest absolute Gasteiger partial charge is 0.390 e. The van der Waals surface area contributed by atoms with Crippen molar-refractivity contribution >= 4 is 25.7 Å². The summed E-state index contributed by atoms with van der Waals surface area (Å²) in [6.45, 7) is 1.26. The lowest BCUT2D eigenvalue weighted by molar-refractivity contribution is 0.186. The molecule has 176 valence electrons. The van der Waals surface area contributed by atoms with Gasteiger partial charge in [-0.3, -0.25) is 0 Å². The molecular weight excluding hydrogens is 462 g/mol. The van der Waals surface area contributed by atoms with Gasteiger partial charge in [-0.1, -0.05) is 0 Å². The molecule has 2 aliphatic rings. The number of aromatic nitrogens is 4. The molecule has 1 aliphatic heterocycles. The van der Waals surface area contributed by atoms with Crippen LogP contribution in [0.2, 0.25) is 0 Å². The Morgan fingerprint density at radius 3 is 2.44 bits per heavy atom. The Bertz CT molecular complexity index is 1190. The molecule has 1 unspecified atom stereocenters. The number of hydrogen-bond donors (Lipinski definition) is 6. The number of hydrogen-bond acceptors (Lipinski definition) is 11. The first kappa shape index (κ1) is 23.0. The fourth-order valence-corrected chi connectivity index (χ4v) is 7.02. The summed E-state index contributed by atoms with van der Waals surface area (Å²) in [7, 11) is -8.96. The first-order valence-corrected chi connectivity index (χ1v) is 12.9. The highest BCUT2D eigenvalue weighted by Gasteiger charge is 2.55. The SMILES string of the molecule is NCC1[C@H]2CN(c3ccc(S(=O)(=O)NC[C@H](O)CN)c(S(N)(=O)=O)c3-c3nn[nH]n3)C[C@@H]12. The van der Waals surface area contributed by atoms with Gasteiger partial charge in [-0.25, -0.2) is 26.7 Å². The summed E-state index contributed by atoms with van der Waals surface area (Å²) in [6.07, 6.45) is -1.15. The average molecular weight is 488 g/mol. The second-order valence-corrected chi connectivity index (χ2v) is 11.2. The molecule has 0 amide bonds. The van der Waals surface area contributed by atoms with Gasteiger partial charge in [0, 0.05) is 31.9 Å². The number of nitrogens with one attached hydrogen (secondary N) is 2. The van der Waals surface area contributed by atoms with Gasteiger partial charge in [0.2, 0.25) is 25.9 Å². The van der Waals surface area contributed by atoms with Crippen molar-refractivity contribution in [3.8, 4) is 11.4 Å². The predicted octanol–water partition coefficient (Wildman–Crippen LogP) is -3.25. The number of anilines is 1. The van der Waals surface area contributed by atoms with Gasteiger partial charge < -0.3 is 21.5 Å². The molecule has 14 nitrogen and oxygen atoms in total. The fourth-order valence-electron chi connectivity index (χ4n) is 4.36. The number of tetrazole rings is 1. The van der Waals surface area contributed by atoms with Crippen LogP contribution in [0.5, 0.6) is 0 Å². The van der Waals surface area contributed by atoms with Gasteiger partial charge in [0.25, 0.3) is 0 Å². The number of nitrogens with zero attached hydrogens (tertiary/aromatic N) is 4. The number of sulfonamides is 2. The summed E-state index contributed by atoms with van der Waals surface area (Å²) in [6, 6.07) is 2.66. The number of rotatable bonds is 9. The Kier molecular flexibility index (Phi) is 5.95. The smallest absolute Gasteiger partial charge is 0.242 e. The lowest BCUT2D eigenvalue weighted by Crippen LogP contribution is -2.37. The quantitative estimate of drug-likeness (QED) is 0.205. The molecule has 2 heterocycles. The first-order chi connectivity index (χ1) is 15.1. The number of piperidine rings is 1. The van der Waals surface area contributed by atoms with Gasteiger partial charge in [-0.05, 0) is 41.6 Å². The third kappa shape index (κ3) is 4.09. The van der Waals surface area contributed by atoms with E-state index < -0.39 is 42.5 Å². The van der Waals surface area contributed by atoms with Crippen molar-refractivity contribution in [3.63, 3.8) is 0 Å². The zero-order valence-corrected chi connectivity index (χ0v) is 18.6. The van der Waals surface area contributed by atoms with Crippen molar-refractivity contribution in [1.82, 2.24) is 25.3 Å². The summed E-state index contributed by atoms with van der Waals surface area (Å²) in [5, 5.41) is 28.6. The van der Waals surface area contributed by atoms with E-state index in [0.717, 1.165) is 0 Å². The van der Waals surface area contributed by atoms with Crippen molar-refractivity contribution in [2.24, 2.45) is 34.4 Å². The Morgan fingerprint density at radius 2 is 1.91 bits per heavy atom. The molecule has 0 radical (unpaired) electrons. The molecule has 16 heteroatoms. The molecule has 32 heavy (non-hydrogen) atoms. The maximum Gasteiger partial charge on any atom is 0.242 e. The number of aliphatic hydroxyl groups is 1. The molecule has 4 rings (SSSR count). The molecule has 1 aromatic carbocycles. The Labute approximate surface area is 184 Å². The van der Waals surface area contributed by atoms with Crippen molar-refractivity contribution in [2.75, 3.05) is 37.6 Å². The summed E-state index contributed by atoms with van der Waals surface area (Å²) in [5.74, 6) is 1.09. The number of H-pyrrole nitrogens is 1. The minimum atomic E-state index is -4.56. The van der Waals surface area contributed by atoms with E-state index in [2.05, 4.69) is 25.3 Å². The van der Waals surface area contributed by atoms with Gasteiger partial charge in [-0.15, -0.1) is 10.2 Å². The molecule has 1 saturated heterocycles. The minimum absolute atomic E-state index is 0.0610. The lowest BCUT2D eigenvalue weighted by atomic mass is 10.1. The molecule has 0 spiro atoms. The van der Waals surface area contributed by atoms with Crippen LogP contribution < -0.4 is 26.2 Å². The number of aliphatic hydroxyl groups excluding tert-OH is 1. The molecule has 1 aromatic heterocycles. The van der Waals surface area contributed by atoms with Crippen molar-refractivity contribution in [2.45, 2.75) is 15.9 Å². The summed E-state index contributed by atoms with van der Waals surface area (Å²) >= 11 is 0. The number of nitrogens with two attached hydrogens (primary N) is 3. The highest BCUT2D eigenvalue weighted by atomic mass is 32.2. The highest BCUT2D eigenvalue weighted by Crippen LogP contribution is 2.53. The van der Waals surface area contributed by atoms with E-state index in [1.807, 2.05) is 4.90 Å². The molecule has 2 fully saturated rings. The van der Waals surface area contributed by atoms with Crippen LogP contribution in [0.3, 0.4) is 0 Å². The number of benzene rings is 1. The molecule has 1 aliphatic carbocycles. The molecule has 2 aromatic rings. The van der Waals surface area contributed by atoms with E-state index in [0.29, 0.717) is 43.1 Å². The summed E-state index contributed by atoms with van der Waals surface area (Å²) < 4.78 is 53.3. The predicted molar refractivity (Wildman–Crippen MR) is 113 cm³/mol. The van der Waals surface area contributed by atoms with Gasteiger partial charge in [0.1, 0.15) is 9.79 Å². The second kappa shape index (κ2) is 8.29. The van der Waals surface area contributed by atoms with Gasteiger partial charge in [-0.2, -0.15) is 5.21 Å². The number of aromatic amines is 1. The molecule has 4 atom stereocenters. The lowest BCUT2D eigenvalue weighted by Gasteiger charge is -2.26. The topological polar surface area (TPSA) is 236 Å². The van der Waals surface area contributed by atoms with Crippen LogP contribution >= 0.6 is 0 Å². The van der Waals surface area contributed by atoms with E-state index in [4.69, 9.17) is 16.6 Å². The van der Waals surface area contributed by atoms with Crippen molar-refractivity contribution in [1.29, 1.82) is 0 Å². The number of primary sulfonamides is 1. The van der Waals surface area contributed by atoms with E-state index >= 15 is 0 Å². The zero-order valence-electron chi connectivity index (χ0n) is 16.9. The van der Waals surface area contributed by atoms with E-state index in [9.17, 15) is 21.9 Å². The fraction of sp³-hybridized carbons (Fsp3) is 0.562. The maximum atomic E-state index is 12.9. The van der Waals surface area contributed by atoms with Crippen LogP contribution in [-0.4, -0.2) is 81.4 Å². The maximum absolute atomic E-state index is 12.9. The van der Waals surface area contributed by atoms with Crippen LogP contribution in [0.25, 0.3) is 11.4 Å². The molecular formula is C16H25N9O5S2. The summed E-state index contributed by atoms with van der Waals surface area (Å²) in [5.41, 5.74) is 11.5. The van der Waals surface area contributed by atoms with Crippen LogP contribution in [0.1, 0.15) is 0 Å². The van der Waals surface area contributed by atoms with Crippen LogP contribution in [0.15, 0.2) is 21.9 Å². The van der Waals surface area contributed by atoms with Crippen LogP contribution in [0, 0.1) is 17.8 Å². The van der Waals surface area contributed by atoms with Gasteiger partial charge in [0.05, 0.1) is 11.7 Å². The van der Waals surface area contributed by atoms with E-state index in [1.54, 1.807) is 0 Å². The number of fused-ring (bicyclic) bond motifs is 1. The van der Waals surface area contributed by atoms with E-state index in [-0.39, 0.29) is 17.9 Å². The standard InChI is InChI=1S/C16H25N9O5S2/c17-3-8(26)5-20-32(29,30)13-2-1-12(25-6-10-9(4-18)11(10)7-25)14(15(13)31(19,27)28)16-21-23-24-22-16/h1-2,8-11,20,26H,3-7,17-18H2,(H2,19,27,28)(H,21,22,23,24)/t8-,9?,10-,11+/m1/s1. The minimum Gasteiger partial charge on any atom is -0.390 e. The Hall–Kier alpha value is -2.21. The van der Waals surface area contributed by atoms with E-state index in [1.165, 1.54) is 12.1 Å². The molecule has 1 saturated carbocycles. The van der Waals surface area contributed by atoms with Crippen molar-refractivity contribution in [3.05, 3.63) is 12.1 Å². The third-order valence-corrected chi connectivity index (χ3v) is 8.60. The average Bonchev–Trinajstić information content (AvgIpc) is 3.13. The van der Waals surface area contributed by atoms with Gasteiger partial charge in [0.15, 0.2) is 0 Å². The van der Waals surface area contributed by atoms with Gasteiger partial charge >= 0.3 is 0 Å². The highest BCUT2D eigenvalue weighted by molar-refractivity contribution is 7.92. The molecule has 0 bridgehead atoms. The second-order valence-electron chi connectivity index (χ2n) is 7.94. The summed E-state index contributed by atoms with van der Waals surface area (Å²) in [4.78, 5) is 0.711. The molecule has 9 N–H and O–H groups in total.